The number of aryl methyl sites for hydroxylation is 1. The zero-order valence-corrected chi connectivity index (χ0v) is 19.7. The summed E-state index contributed by atoms with van der Waals surface area (Å²) >= 11 is 6.86. The van der Waals surface area contributed by atoms with Gasteiger partial charge in [-0.3, -0.25) is 4.79 Å². The summed E-state index contributed by atoms with van der Waals surface area (Å²) in [6, 6.07) is 9.01. The number of aromatic nitrogens is 2. The predicted octanol–water partition coefficient (Wildman–Crippen LogP) is 4.78. The van der Waals surface area contributed by atoms with Crippen molar-refractivity contribution in [2.24, 2.45) is 5.10 Å². The molecule has 1 heterocycles. The summed E-state index contributed by atoms with van der Waals surface area (Å²) < 4.78 is 14.0. The molecule has 0 saturated heterocycles. The number of fused-ring (bicyclic) bond motifs is 1. The number of halogens is 2. The molecule has 0 aliphatic heterocycles. The van der Waals surface area contributed by atoms with E-state index in [9.17, 15) is 4.79 Å². The predicted molar refractivity (Wildman–Crippen MR) is 126 cm³/mol. The van der Waals surface area contributed by atoms with Crippen molar-refractivity contribution in [1.29, 1.82) is 0 Å². The Morgan fingerprint density at radius 2 is 2.07 bits per heavy atom. The molecule has 30 heavy (non-hydrogen) atoms. The molecule has 0 aliphatic rings. The lowest BCUT2D eigenvalue weighted by molar-refractivity contribution is 0.330. The molecule has 0 unspecified atom stereocenters. The fourth-order valence-corrected chi connectivity index (χ4v) is 3.74. The van der Waals surface area contributed by atoms with Crippen molar-refractivity contribution in [2.75, 3.05) is 13.7 Å². The topological polar surface area (TPSA) is 65.7 Å². The first kappa shape index (κ1) is 22.1. The monoisotopic (exact) mass is 531 g/mol. The average Bonchev–Trinajstić information content (AvgIpc) is 2.73. The van der Waals surface area contributed by atoms with E-state index in [4.69, 9.17) is 15.9 Å². The lowest BCUT2D eigenvalue weighted by Crippen LogP contribution is -2.22. The molecule has 0 saturated carbocycles. The van der Waals surface area contributed by atoms with E-state index in [1.165, 1.54) is 4.68 Å². The van der Waals surface area contributed by atoms with Gasteiger partial charge in [0.1, 0.15) is 12.4 Å². The summed E-state index contributed by atoms with van der Waals surface area (Å²) in [6.45, 7) is 2.10. The Kier molecular flexibility index (Phi) is 7.29. The molecule has 0 spiro atoms. The van der Waals surface area contributed by atoms with Crippen LogP contribution in [0.4, 0.5) is 0 Å². The highest BCUT2D eigenvalue weighted by Gasteiger charge is 2.13. The molecule has 0 atom stereocenters. The summed E-state index contributed by atoms with van der Waals surface area (Å²) in [4.78, 5) is 17.8. The van der Waals surface area contributed by atoms with Crippen molar-refractivity contribution < 1.29 is 9.47 Å². The number of ether oxygens (including phenoxy) is 2. The number of methoxy groups -OCH3 is 1. The summed E-state index contributed by atoms with van der Waals surface area (Å²) in [5.74, 6) is 3.98. The number of benzene rings is 2. The van der Waals surface area contributed by atoms with Crippen LogP contribution < -0.4 is 15.0 Å². The minimum atomic E-state index is -0.242. The van der Waals surface area contributed by atoms with Gasteiger partial charge in [-0.15, -0.1) is 6.42 Å². The van der Waals surface area contributed by atoms with E-state index in [0.717, 1.165) is 15.4 Å². The van der Waals surface area contributed by atoms with Crippen LogP contribution in [0.2, 0.25) is 0 Å². The van der Waals surface area contributed by atoms with E-state index in [1.807, 2.05) is 25.1 Å². The van der Waals surface area contributed by atoms with Gasteiger partial charge < -0.3 is 9.47 Å². The van der Waals surface area contributed by atoms with Crippen LogP contribution in [0.15, 0.2) is 49.2 Å². The van der Waals surface area contributed by atoms with Crippen molar-refractivity contribution in [3.63, 3.8) is 0 Å². The molecule has 1 aromatic heterocycles. The second-order valence-corrected chi connectivity index (χ2v) is 8.15. The van der Waals surface area contributed by atoms with Crippen LogP contribution in [0.3, 0.4) is 0 Å². The quantitative estimate of drug-likeness (QED) is 0.324. The van der Waals surface area contributed by atoms with Crippen molar-refractivity contribution in [3.05, 3.63) is 61.0 Å². The molecule has 0 fully saturated rings. The lowest BCUT2D eigenvalue weighted by atomic mass is 10.2. The molecule has 3 rings (SSSR count). The second-order valence-electron chi connectivity index (χ2n) is 6.32. The minimum absolute atomic E-state index is 0.0748. The third-order valence-electron chi connectivity index (χ3n) is 4.23. The zero-order valence-electron chi connectivity index (χ0n) is 16.5. The van der Waals surface area contributed by atoms with Crippen LogP contribution in [0.1, 0.15) is 24.7 Å². The van der Waals surface area contributed by atoms with Crippen LogP contribution in [-0.2, 0) is 6.42 Å². The fourth-order valence-electron chi connectivity index (χ4n) is 2.92. The first-order chi connectivity index (χ1) is 14.5. The molecule has 0 amide bonds. The van der Waals surface area contributed by atoms with E-state index >= 15 is 0 Å². The Morgan fingerprint density at radius 1 is 1.27 bits per heavy atom. The first-order valence-electron chi connectivity index (χ1n) is 9.17. The fraction of sp³-hybridized carbons (Fsp3) is 0.227. The van der Waals surface area contributed by atoms with Gasteiger partial charge in [0, 0.05) is 20.9 Å². The summed E-state index contributed by atoms with van der Waals surface area (Å²) in [6.07, 6.45) is 8.32. The normalized spacial score (nSPS) is 11.0. The number of hydrogen-bond donors (Lipinski definition) is 0. The van der Waals surface area contributed by atoms with Crippen molar-refractivity contribution >= 4 is 49.0 Å². The van der Waals surface area contributed by atoms with Gasteiger partial charge in [0.25, 0.3) is 5.56 Å². The van der Waals surface area contributed by atoms with Crippen molar-refractivity contribution in [1.82, 2.24) is 9.66 Å². The Labute approximate surface area is 191 Å². The van der Waals surface area contributed by atoms with Crippen LogP contribution in [-0.4, -0.2) is 29.6 Å². The third-order valence-corrected chi connectivity index (χ3v) is 5.18. The maximum Gasteiger partial charge on any atom is 0.282 e. The summed E-state index contributed by atoms with van der Waals surface area (Å²) in [7, 11) is 1.54. The molecule has 6 nitrogen and oxygen atoms in total. The molecular weight excluding hydrogens is 514 g/mol. The van der Waals surface area contributed by atoms with Crippen LogP contribution >= 0.6 is 31.9 Å². The van der Waals surface area contributed by atoms with Crippen LogP contribution in [0, 0.1) is 12.3 Å². The molecule has 2 aromatic carbocycles. The maximum absolute atomic E-state index is 13.1. The minimum Gasteiger partial charge on any atom is -0.493 e. The largest absolute Gasteiger partial charge is 0.493 e. The Bertz CT molecular complexity index is 1210. The third kappa shape index (κ3) is 4.74. The van der Waals surface area contributed by atoms with Crippen LogP contribution in [0.25, 0.3) is 10.9 Å². The standard InChI is InChI=1S/C22H19Br2N3O3/c1-4-6-20-26-18-8-7-15(23)11-17(18)22(28)27(20)25-13-14-10-16(24)12-19(29-3)21(14)30-9-5-2/h2,7-8,10-13H,4,6,9H2,1,3H3. The molecule has 154 valence electrons. The van der Waals surface area contributed by atoms with Gasteiger partial charge >= 0.3 is 0 Å². The molecule has 8 heteroatoms. The number of hydrogen-bond acceptors (Lipinski definition) is 5. The number of nitrogens with zero attached hydrogens (tertiary/aromatic N) is 3. The van der Waals surface area contributed by atoms with Gasteiger partial charge in [-0.2, -0.15) is 9.78 Å². The Balaban J connectivity index is 2.17. The SMILES string of the molecule is C#CCOc1c(C=Nn2c(CCC)nc3ccc(Br)cc3c2=O)cc(Br)cc1OC. The van der Waals surface area contributed by atoms with Gasteiger partial charge in [-0.25, -0.2) is 4.98 Å². The van der Waals surface area contributed by atoms with Crippen molar-refractivity contribution in [3.8, 4) is 23.8 Å². The van der Waals surface area contributed by atoms with E-state index in [0.29, 0.717) is 40.2 Å². The Morgan fingerprint density at radius 3 is 2.77 bits per heavy atom. The van der Waals surface area contributed by atoms with E-state index in [2.05, 4.69) is 47.9 Å². The van der Waals surface area contributed by atoms with E-state index in [1.54, 1.807) is 25.5 Å². The number of rotatable bonds is 7. The summed E-state index contributed by atoms with van der Waals surface area (Å²) in [5.41, 5.74) is 1.01. The molecule has 0 bridgehead atoms. The van der Waals surface area contributed by atoms with Crippen molar-refractivity contribution in [2.45, 2.75) is 19.8 Å². The Hall–Kier alpha value is -2.63. The highest BCUT2D eigenvalue weighted by atomic mass is 79.9. The highest BCUT2D eigenvalue weighted by Crippen LogP contribution is 2.34. The van der Waals surface area contributed by atoms with Gasteiger partial charge in [-0.1, -0.05) is 44.7 Å². The second kappa shape index (κ2) is 9.92. The van der Waals surface area contributed by atoms with Gasteiger partial charge in [-0.05, 0) is 36.8 Å². The molecule has 3 aromatic rings. The van der Waals surface area contributed by atoms with E-state index < -0.39 is 0 Å². The highest BCUT2D eigenvalue weighted by molar-refractivity contribution is 9.10. The molecular formula is C22H19Br2N3O3. The van der Waals surface area contributed by atoms with Crippen LogP contribution in [0.5, 0.6) is 11.5 Å². The van der Waals surface area contributed by atoms with Gasteiger partial charge in [0.05, 0.1) is 24.2 Å². The lowest BCUT2D eigenvalue weighted by Gasteiger charge is -2.13. The first-order valence-corrected chi connectivity index (χ1v) is 10.8. The van der Waals surface area contributed by atoms with Gasteiger partial charge in [0.15, 0.2) is 11.5 Å². The molecule has 0 aliphatic carbocycles. The summed E-state index contributed by atoms with van der Waals surface area (Å²) in [5, 5.41) is 4.94. The average molecular weight is 533 g/mol. The number of terminal acetylenes is 1. The molecule has 0 radical (unpaired) electrons. The maximum atomic E-state index is 13.1. The molecule has 0 N–H and O–H groups in total. The smallest absolute Gasteiger partial charge is 0.282 e. The van der Waals surface area contributed by atoms with Gasteiger partial charge in [0.2, 0.25) is 0 Å². The zero-order chi connectivity index (χ0) is 21.7. The van der Waals surface area contributed by atoms with E-state index in [-0.39, 0.29) is 12.2 Å².